The van der Waals surface area contributed by atoms with Crippen LogP contribution < -0.4 is 0 Å². The van der Waals surface area contributed by atoms with Crippen LogP contribution >= 0.6 is 0 Å². The molecule has 0 saturated carbocycles. The fourth-order valence-electron chi connectivity index (χ4n) is 3.16. The first-order valence-electron chi connectivity index (χ1n) is 12.0. The van der Waals surface area contributed by atoms with E-state index in [2.05, 4.69) is 83.2 Å². The van der Waals surface area contributed by atoms with Crippen LogP contribution in [0.5, 0.6) is 0 Å². The minimum absolute atomic E-state index is 0.0608. The quantitative estimate of drug-likeness (QED) is 0.307. The van der Waals surface area contributed by atoms with E-state index < -0.39 is 0 Å². The second-order valence-electron chi connectivity index (χ2n) is 8.40. The number of aryl methyl sites for hydroxylation is 2. The monoisotopic (exact) mass is 421 g/mol. The van der Waals surface area contributed by atoms with Crippen LogP contribution in [0.2, 0.25) is 0 Å². The van der Waals surface area contributed by atoms with Gasteiger partial charge in [0.2, 0.25) is 0 Å². The third kappa shape index (κ3) is 5.84. The Kier molecular flexibility index (Phi) is 10.2. The molecule has 0 radical (unpaired) electrons. The van der Waals surface area contributed by atoms with E-state index in [4.69, 9.17) is 9.97 Å². The highest BCUT2D eigenvalue weighted by atomic mass is 15.1. The Morgan fingerprint density at radius 1 is 0.774 bits per heavy atom. The molecule has 31 heavy (non-hydrogen) atoms. The van der Waals surface area contributed by atoms with Gasteiger partial charge < -0.3 is 0 Å². The van der Waals surface area contributed by atoms with Crippen molar-refractivity contribution in [3.05, 3.63) is 53.3 Å². The average Bonchev–Trinajstić information content (AvgIpc) is 3.14. The minimum Gasteiger partial charge on any atom is -0.279 e. The largest absolute Gasteiger partial charge is 0.279 e. The van der Waals surface area contributed by atoms with Crippen molar-refractivity contribution in [1.29, 1.82) is 0 Å². The van der Waals surface area contributed by atoms with Crippen molar-refractivity contribution in [2.75, 3.05) is 0 Å². The average molecular weight is 422 g/mol. The van der Waals surface area contributed by atoms with Gasteiger partial charge >= 0.3 is 0 Å². The Labute approximate surface area is 189 Å². The summed E-state index contributed by atoms with van der Waals surface area (Å²) in [5.41, 5.74) is 6.69. The third-order valence-corrected chi connectivity index (χ3v) is 5.02. The molecule has 0 N–H and O–H groups in total. The van der Waals surface area contributed by atoms with Crippen LogP contribution in [0.1, 0.15) is 92.1 Å². The SMILES string of the molecule is CC.CC.CCCC.Cc1cc2nc3c4ccccc4nc(C(C)(C)C)n3c2cc1C. The van der Waals surface area contributed by atoms with Crippen molar-refractivity contribution < 1.29 is 0 Å². The summed E-state index contributed by atoms with van der Waals surface area (Å²) in [5, 5.41) is 1.10. The van der Waals surface area contributed by atoms with E-state index in [1.165, 1.54) is 24.0 Å². The summed E-state index contributed by atoms with van der Waals surface area (Å²) in [7, 11) is 0. The van der Waals surface area contributed by atoms with Crippen LogP contribution in [0.25, 0.3) is 27.6 Å². The number of nitrogens with zero attached hydrogens (tertiary/aromatic N) is 3. The molecule has 0 unspecified atom stereocenters. The van der Waals surface area contributed by atoms with Gasteiger partial charge in [-0.15, -0.1) is 0 Å². The number of rotatable bonds is 1. The predicted molar refractivity (Wildman–Crippen MR) is 139 cm³/mol. The van der Waals surface area contributed by atoms with Gasteiger partial charge in [-0.25, -0.2) is 9.97 Å². The van der Waals surface area contributed by atoms with E-state index in [1.807, 2.05) is 33.8 Å². The van der Waals surface area contributed by atoms with Crippen molar-refractivity contribution in [3.8, 4) is 0 Å². The predicted octanol–water partition coefficient (Wildman–Crippen LogP) is 8.81. The summed E-state index contributed by atoms with van der Waals surface area (Å²) >= 11 is 0. The molecule has 0 aliphatic carbocycles. The van der Waals surface area contributed by atoms with Crippen molar-refractivity contribution in [1.82, 2.24) is 14.4 Å². The van der Waals surface area contributed by atoms with Crippen molar-refractivity contribution in [2.24, 2.45) is 0 Å². The van der Waals surface area contributed by atoms with Gasteiger partial charge in [-0.2, -0.15) is 0 Å². The number of fused-ring (bicyclic) bond motifs is 5. The molecule has 0 spiro atoms. The van der Waals surface area contributed by atoms with Gasteiger partial charge in [0.05, 0.1) is 16.6 Å². The zero-order valence-electron chi connectivity index (χ0n) is 21.7. The fraction of sp³-hybridized carbons (Fsp3) is 0.500. The van der Waals surface area contributed by atoms with Crippen LogP contribution in [0, 0.1) is 13.8 Å². The number of imidazole rings is 1. The maximum atomic E-state index is 4.97. The van der Waals surface area contributed by atoms with Crippen LogP contribution in [0.4, 0.5) is 0 Å². The van der Waals surface area contributed by atoms with Gasteiger partial charge in [-0.05, 0) is 49.2 Å². The van der Waals surface area contributed by atoms with Gasteiger partial charge in [-0.3, -0.25) is 4.40 Å². The molecule has 0 amide bonds. The fourth-order valence-corrected chi connectivity index (χ4v) is 3.16. The first-order valence-corrected chi connectivity index (χ1v) is 12.0. The molecule has 0 aliphatic rings. The lowest BCUT2D eigenvalue weighted by Gasteiger charge is -2.20. The molecule has 2 aromatic carbocycles. The molecule has 0 atom stereocenters. The summed E-state index contributed by atoms with van der Waals surface area (Å²) in [6.45, 7) is 23.3. The first kappa shape index (κ1) is 26.6. The van der Waals surface area contributed by atoms with Crippen LogP contribution in [-0.2, 0) is 5.41 Å². The third-order valence-electron chi connectivity index (χ3n) is 5.02. The molecular formula is C28H43N3. The van der Waals surface area contributed by atoms with Crippen molar-refractivity contribution in [3.63, 3.8) is 0 Å². The second-order valence-corrected chi connectivity index (χ2v) is 8.40. The second kappa shape index (κ2) is 11.8. The molecule has 0 aliphatic heterocycles. The smallest absolute Gasteiger partial charge is 0.148 e. The van der Waals surface area contributed by atoms with E-state index in [0.717, 1.165) is 33.4 Å². The Morgan fingerprint density at radius 2 is 1.32 bits per heavy atom. The van der Waals surface area contributed by atoms with Crippen molar-refractivity contribution >= 4 is 27.6 Å². The van der Waals surface area contributed by atoms with Crippen LogP contribution in [0.15, 0.2) is 36.4 Å². The molecule has 2 heterocycles. The highest BCUT2D eigenvalue weighted by Gasteiger charge is 2.23. The maximum Gasteiger partial charge on any atom is 0.148 e. The Bertz CT molecular complexity index is 1100. The summed E-state index contributed by atoms with van der Waals surface area (Å²) in [4.78, 5) is 9.91. The summed E-state index contributed by atoms with van der Waals surface area (Å²) in [6.07, 6.45) is 2.64. The van der Waals surface area contributed by atoms with Gasteiger partial charge in [-0.1, -0.05) is 87.3 Å². The highest BCUT2D eigenvalue weighted by molar-refractivity contribution is 5.96. The standard InChI is InChI=1S/C20H21N3.C4H10.2C2H6/c1-12-10-16-17(11-13(12)2)23-18(21-16)14-8-6-7-9-15(14)22-19(23)20(3,4)5;1-3-4-2;2*1-2/h6-11H,1-5H3;3-4H2,1-2H3;2*1-2H3. The molecule has 0 bridgehead atoms. The van der Waals surface area contributed by atoms with Gasteiger partial charge in [0, 0.05) is 10.8 Å². The lowest BCUT2D eigenvalue weighted by atomic mass is 9.95. The van der Waals surface area contributed by atoms with E-state index in [-0.39, 0.29) is 5.41 Å². The zero-order valence-corrected chi connectivity index (χ0v) is 21.7. The topological polar surface area (TPSA) is 30.2 Å². The number of benzene rings is 2. The van der Waals surface area contributed by atoms with Gasteiger partial charge in [0.15, 0.2) is 0 Å². The van der Waals surface area contributed by atoms with Gasteiger partial charge in [0.1, 0.15) is 11.5 Å². The highest BCUT2D eigenvalue weighted by Crippen LogP contribution is 2.31. The number of aromatic nitrogens is 3. The molecule has 2 aromatic heterocycles. The van der Waals surface area contributed by atoms with Crippen molar-refractivity contribution in [2.45, 2.75) is 94.4 Å². The lowest BCUT2D eigenvalue weighted by molar-refractivity contribution is 0.542. The van der Waals surface area contributed by atoms with Gasteiger partial charge in [0.25, 0.3) is 0 Å². The number of unbranched alkanes of at least 4 members (excludes halogenated alkanes) is 1. The summed E-state index contributed by atoms with van der Waals surface area (Å²) < 4.78 is 2.24. The minimum atomic E-state index is -0.0608. The summed E-state index contributed by atoms with van der Waals surface area (Å²) in [5.74, 6) is 1.05. The molecule has 170 valence electrons. The first-order chi connectivity index (χ1) is 14.8. The maximum absolute atomic E-state index is 4.97. The molecule has 4 aromatic rings. The molecular weight excluding hydrogens is 378 g/mol. The van der Waals surface area contributed by atoms with E-state index >= 15 is 0 Å². The normalized spacial score (nSPS) is 10.7. The van der Waals surface area contributed by atoms with Crippen LogP contribution in [-0.4, -0.2) is 14.4 Å². The Balaban J connectivity index is 0.000000532. The Morgan fingerprint density at radius 3 is 1.87 bits per heavy atom. The lowest BCUT2D eigenvalue weighted by Crippen LogP contribution is -2.19. The molecule has 0 saturated heterocycles. The molecule has 4 rings (SSSR count). The number of hydrogen-bond donors (Lipinski definition) is 0. The molecule has 0 fully saturated rings. The summed E-state index contributed by atoms with van der Waals surface area (Å²) in [6, 6.07) is 12.7. The van der Waals surface area contributed by atoms with E-state index in [0.29, 0.717) is 0 Å². The molecule has 3 nitrogen and oxygen atoms in total. The number of para-hydroxylation sites is 1. The van der Waals surface area contributed by atoms with E-state index in [9.17, 15) is 0 Å². The van der Waals surface area contributed by atoms with Crippen LogP contribution in [0.3, 0.4) is 0 Å². The zero-order chi connectivity index (χ0) is 23.8. The number of hydrogen-bond acceptors (Lipinski definition) is 2. The van der Waals surface area contributed by atoms with E-state index in [1.54, 1.807) is 0 Å². The Hall–Kier alpha value is -2.42. The molecule has 3 heteroatoms.